The fourth-order valence-electron chi connectivity index (χ4n) is 4.42. The number of carbonyl (C=O) groups excluding carboxylic acids is 3. The van der Waals surface area contributed by atoms with Crippen LogP contribution in [-0.4, -0.2) is 60.0 Å². The SMILES string of the molecule is CCCCNC(=O)[C@@H]1[C@H]2C=C[C@@H](CC)[C@@H](C(=O)NC)[C@@H]2C(=O)N1[C@H](C)CO. The van der Waals surface area contributed by atoms with E-state index in [1.54, 1.807) is 14.0 Å². The van der Waals surface area contributed by atoms with E-state index in [1.165, 1.54) is 4.90 Å². The fourth-order valence-corrected chi connectivity index (χ4v) is 4.42. The molecule has 7 heteroatoms. The van der Waals surface area contributed by atoms with E-state index in [-0.39, 0.29) is 36.2 Å². The Labute approximate surface area is 161 Å². The second-order valence-corrected chi connectivity index (χ2v) is 7.57. The van der Waals surface area contributed by atoms with Crippen LogP contribution in [0.15, 0.2) is 12.2 Å². The predicted octanol–water partition coefficient (Wildman–Crippen LogP) is 0.685. The lowest BCUT2D eigenvalue weighted by molar-refractivity contribution is -0.143. The summed E-state index contributed by atoms with van der Waals surface area (Å²) in [5.74, 6) is -2.06. The van der Waals surface area contributed by atoms with Crippen LogP contribution in [0, 0.1) is 23.7 Å². The number of amides is 3. The number of nitrogens with one attached hydrogen (secondary N) is 2. The predicted molar refractivity (Wildman–Crippen MR) is 103 cm³/mol. The van der Waals surface area contributed by atoms with Crippen molar-refractivity contribution in [3.63, 3.8) is 0 Å². The summed E-state index contributed by atoms with van der Waals surface area (Å²) in [6.45, 7) is 6.10. The molecule has 0 bridgehead atoms. The minimum atomic E-state index is -0.692. The van der Waals surface area contributed by atoms with Gasteiger partial charge in [-0.3, -0.25) is 14.4 Å². The number of aliphatic hydroxyl groups is 1. The van der Waals surface area contributed by atoms with Crippen molar-refractivity contribution in [2.45, 2.75) is 52.1 Å². The van der Waals surface area contributed by atoms with Crippen LogP contribution < -0.4 is 10.6 Å². The molecule has 0 saturated carbocycles. The van der Waals surface area contributed by atoms with Crippen molar-refractivity contribution in [2.24, 2.45) is 23.7 Å². The zero-order valence-corrected chi connectivity index (χ0v) is 16.8. The Morgan fingerprint density at radius 1 is 1.26 bits per heavy atom. The summed E-state index contributed by atoms with van der Waals surface area (Å²) < 4.78 is 0. The van der Waals surface area contributed by atoms with Crippen LogP contribution in [0.2, 0.25) is 0 Å². The number of hydrogen-bond donors (Lipinski definition) is 3. The Bertz CT molecular complexity index is 592. The summed E-state index contributed by atoms with van der Waals surface area (Å²) in [5, 5.41) is 15.3. The zero-order chi connectivity index (χ0) is 20.1. The lowest BCUT2D eigenvalue weighted by Crippen LogP contribution is -2.51. The van der Waals surface area contributed by atoms with Gasteiger partial charge in [-0.2, -0.15) is 0 Å². The summed E-state index contributed by atoms with van der Waals surface area (Å²) in [6.07, 6.45) is 6.49. The third-order valence-corrected chi connectivity index (χ3v) is 5.91. The van der Waals surface area contributed by atoms with Crippen molar-refractivity contribution >= 4 is 17.7 Å². The molecule has 0 spiro atoms. The number of hydrogen-bond acceptors (Lipinski definition) is 4. The standard InChI is InChI=1S/C20H33N3O4/c1-5-7-10-22-19(26)17-14-9-8-13(6-2)15(18(25)21-4)16(14)20(27)23(17)12(3)11-24/h8-9,12-17,24H,5-7,10-11H2,1-4H3,(H,21,25)(H,22,26)/t12-,13-,14+,15-,16-,17+/m1/s1. The molecule has 2 aliphatic rings. The number of allylic oxidation sites excluding steroid dienone is 1. The molecule has 152 valence electrons. The number of aliphatic hydroxyl groups excluding tert-OH is 1. The third kappa shape index (κ3) is 4.03. The van der Waals surface area contributed by atoms with E-state index in [9.17, 15) is 19.5 Å². The van der Waals surface area contributed by atoms with Crippen molar-refractivity contribution in [1.82, 2.24) is 15.5 Å². The molecule has 7 nitrogen and oxygen atoms in total. The molecule has 0 radical (unpaired) electrons. The smallest absolute Gasteiger partial charge is 0.243 e. The van der Waals surface area contributed by atoms with Crippen molar-refractivity contribution in [1.29, 1.82) is 0 Å². The monoisotopic (exact) mass is 379 g/mol. The lowest BCUT2D eigenvalue weighted by Gasteiger charge is -2.33. The first kappa shape index (κ1) is 21.4. The largest absolute Gasteiger partial charge is 0.394 e. The van der Waals surface area contributed by atoms with Gasteiger partial charge in [0.1, 0.15) is 6.04 Å². The number of unbranched alkanes of at least 4 members (excludes halogenated alkanes) is 1. The van der Waals surface area contributed by atoms with Gasteiger partial charge in [0.25, 0.3) is 0 Å². The minimum absolute atomic E-state index is 0.0386. The molecular weight excluding hydrogens is 346 g/mol. The molecule has 6 atom stereocenters. The lowest BCUT2D eigenvalue weighted by atomic mass is 9.69. The van der Waals surface area contributed by atoms with Gasteiger partial charge in [0, 0.05) is 19.5 Å². The molecule has 1 saturated heterocycles. The highest BCUT2D eigenvalue weighted by Crippen LogP contribution is 2.45. The molecule has 27 heavy (non-hydrogen) atoms. The van der Waals surface area contributed by atoms with Crippen LogP contribution in [0.1, 0.15) is 40.0 Å². The van der Waals surface area contributed by atoms with Crippen LogP contribution in [0.25, 0.3) is 0 Å². The molecule has 0 aromatic carbocycles. The highest BCUT2D eigenvalue weighted by Gasteiger charge is 2.57. The molecule has 3 amide bonds. The quantitative estimate of drug-likeness (QED) is 0.427. The van der Waals surface area contributed by atoms with Gasteiger partial charge < -0.3 is 20.6 Å². The summed E-state index contributed by atoms with van der Waals surface area (Å²) in [6, 6.07) is -1.17. The average molecular weight is 380 g/mol. The second-order valence-electron chi connectivity index (χ2n) is 7.57. The first-order chi connectivity index (χ1) is 12.9. The van der Waals surface area contributed by atoms with Crippen molar-refractivity contribution in [3.05, 3.63) is 12.2 Å². The molecule has 1 aliphatic carbocycles. The van der Waals surface area contributed by atoms with Crippen molar-refractivity contribution in [3.8, 4) is 0 Å². The van der Waals surface area contributed by atoms with Gasteiger partial charge in [0.15, 0.2) is 0 Å². The average Bonchev–Trinajstić information content (AvgIpc) is 2.98. The van der Waals surface area contributed by atoms with Gasteiger partial charge in [-0.15, -0.1) is 0 Å². The maximum absolute atomic E-state index is 13.3. The molecule has 1 aliphatic heterocycles. The van der Waals surface area contributed by atoms with Gasteiger partial charge >= 0.3 is 0 Å². The highest BCUT2D eigenvalue weighted by molar-refractivity contribution is 5.97. The molecule has 0 aromatic heterocycles. The van der Waals surface area contributed by atoms with E-state index in [2.05, 4.69) is 10.6 Å². The van der Waals surface area contributed by atoms with Crippen LogP contribution in [-0.2, 0) is 14.4 Å². The van der Waals surface area contributed by atoms with E-state index in [4.69, 9.17) is 0 Å². The van der Waals surface area contributed by atoms with E-state index in [0.29, 0.717) is 6.54 Å². The van der Waals surface area contributed by atoms with E-state index in [0.717, 1.165) is 19.3 Å². The van der Waals surface area contributed by atoms with Gasteiger partial charge in [-0.05, 0) is 25.7 Å². The minimum Gasteiger partial charge on any atom is -0.394 e. The first-order valence-electron chi connectivity index (χ1n) is 10.0. The Morgan fingerprint density at radius 3 is 2.52 bits per heavy atom. The summed E-state index contributed by atoms with van der Waals surface area (Å²) in [4.78, 5) is 40.3. The Hall–Kier alpha value is -1.89. The third-order valence-electron chi connectivity index (χ3n) is 5.91. The van der Waals surface area contributed by atoms with E-state index in [1.807, 2.05) is 26.0 Å². The second kappa shape index (κ2) is 9.35. The van der Waals surface area contributed by atoms with Crippen LogP contribution in [0.3, 0.4) is 0 Å². The van der Waals surface area contributed by atoms with E-state index < -0.39 is 23.9 Å². The number of carbonyl (C=O) groups is 3. The number of nitrogens with zero attached hydrogens (tertiary/aromatic N) is 1. The van der Waals surface area contributed by atoms with Crippen LogP contribution in [0.5, 0.6) is 0 Å². The van der Waals surface area contributed by atoms with Gasteiger partial charge in [0.05, 0.1) is 24.5 Å². The van der Waals surface area contributed by atoms with Crippen molar-refractivity contribution < 1.29 is 19.5 Å². The first-order valence-corrected chi connectivity index (χ1v) is 10.0. The maximum Gasteiger partial charge on any atom is 0.243 e. The molecular formula is C20H33N3O4. The molecule has 1 heterocycles. The Morgan fingerprint density at radius 2 is 1.96 bits per heavy atom. The summed E-state index contributed by atoms with van der Waals surface area (Å²) in [5.41, 5.74) is 0. The van der Waals surface area contributed by atoms with Crippen LogP contribution >= 0.6 is 0 Å². The molecule has 3 N–H and O–H groups in total. The number of likely N-dealkylation sites (tertiary alicyclic amines) is 1. The van der Waals surface area contributed by atoms with Gasteiger partial charge in [-0.25, -0.2) is 0 Å². The topological polar surface area (TPSA) is 98.7 Å². The van der Waals surface area contributed by atoms with Crippen molar-refractivity contribution in [2.75, 3.05) is 20.2 Å². The Kier molecular flexibility index (Phi) is 7.41. The van der Waals surface area contributed by atoms with Gasteiger partial charge in [-0.1, -0.05) is 32.4 Å². The Balaban J connectivity index is 2.41. The highest BCUT2D eigenvalue weighted by atomic mass is 16.3. The number of fused-ring (bicyclic) bond motifs is 1. The molecule has 0 unspecified atom stereocenters. The van der Waals surface area contributed by atoms with E-state index >= 15 is 0 Å². The van der Waals surface area contributed by atoms with Gasteiger partial charge in [0.2, 0.25) is 17.7 Å². The van der Waals surface area contributed by atoms with Crippen LogP contribution in [0.4, 0.5) is 0 Å². The molecule has 0 aromatic rings. The number of rotatable bonds is 8. The summed E-state index contributed by atoms with van der Waals surface area (Å²) in [7, 11) is 1.57. The normalized spacial score (nSPS) is 30.8. The molecule has 1 fully saturated rings. The fraction of sp³-hybridized carbons (Fsp3) is 0.750. The summed E-state index contributed by atoms with van der Waals surface area (Å²) >= 11 is 0. The zero-order valence-electron chi connectivity index (χ0n) is 16.8. The molecule has 2 rings (SSSR count). The maximum atomic E-state index is 13.3.